The van der Waals surface area contributed by atoms with Crippen molar-refractivity contribution in [1.82, 2.24) is 15.6 Å². The highest BCUT2D eigenvalue weighted by Gasteiger charge is 2.36. The number of ether oxygens (including phenoxy) is 1. The molecular formula is C24H25F2N5O4. The van der Waals surface area contributed by atoms with Crippen molar-refractivity contribution in [2.24, 2.45) is 0 Å². The van der Waals surface area contributed by atoms with E-state index in [0.29, 0.717) is 31.9 Å². The van der Waals surface area contributed by atoms with Gasteiger partial charge in [0.1, 0.15) is 23.6 Å². The standard InChI is InChI=1S/C24H25F2N5O4/c1-13-2-4-20(27-8-13)31-11-16(12-31)35-24(34)28-14-9-30(10-14)15-6-18(25)22(19(26)7-15)17-3-5-21(32)29-23(17)33/h2,4,6-8,14,16-17H,3,5,9-12H2,1H3,(H,28,34)(H,29,32,33). The van der Waals surface area contributed by atoms with Crippen LogP contribution in [-0.4, -0.2) is 61.2 Å². The van der Waals surface area contributed by atoms with E-state index in [1.807, 2.05) is 24.0 Å². The molecule has 0 radical (unpaired) electrons. The second-order valence-corrected chi connectivity index (χ2v) is 9.20. The maximum absolute atomic E-state index is 14.7. The number of hydrogen-bond acceptors (Lipinski definition) is 7. The molecule has 0 saturated carbocycles. The number of benzene rings is 1. The molecule has 0 spiro atoms. The Kier molecular flexibility index (Phi) is 6.00. The number of anilines is 2. The molecule has 1 aromatic carbocycles. The van der Waals surface area contributed by atoms with Crippen molar-refractivity contribution in [3.8, 4) is 0 Å². The average molecular weight is 485 g/mol. The Morgan fingerprint density at radius 2 is 1.83 bits per heavy atom. The van der Waals surface area contributed by atoms with Crippen molar-refractivity contribution in [2.45, 2.75) is 37.8 Å². The second kappa shape index (κ2) is 9.12. The van der Waals surface area contributed by atoms with E-state index in [1.165, 1.54) is 12.1 Å². The highest BCUT2D eigenvalue weighted by Crippen LogP contribution is 2.33. The Bertz CT molecular complexity index is 1140. The number of amides is 3. The Morgan fingerprint density at radius 3 is 2.46 bits per heavy atom. The summed E-state index contributed by atoms with van der Waals surface area (Å²) in [5.74, 6) is -2.99. The van der Waals surface area contributed by atoms with Crippen molar-refractivity contribution in [3.63, 3.8) is 0 Å². The lowest BCUT2D eigenvalue weighted by Gasteiger charge is -2.42. The number of carbonyl (C=O) groups excluding carboxylic acids is 3. The Hall–Kier alpha value is -3.76. The number of imide groups is 1. The number of carbonyl (C=O) groups is 3. The number of nitrogens with one attached hydrogen (secondary N) is 2. The van der Waals surface area contributed by atoms with Crippen LogP contribution in [0.15, 0.2) is 30.5 Å². The van der Waals surface area contributed by atoms with Gasteiger partial charge in [0.2, 0.25) is 11.8 Å². The normalized spacial score (nSPS) is 20.7. The van der Waals surface area contributed by atoms with Crippen LogP contribution in [0.4, 0.5) is 25.1 Å². The summed E-state index contributed by atoms with van der Waals surface area (Å²) in [6, 6.07) is 6.05. The van der Waals surface area contributed by atoms with E-state index in [4.69, 9.17) is 4.74 Å². The molecule has 2 aromatic rings. The smallest absolute Gasteiger partial charge is 0.407 e. The van der Waals surface area contributed by atoms with Crippen LogP contribution in [0, 0.1) is 18.6 Å². The predicted octanol–water partition coefficient (Wildman–Crippen LogP) is 1.99. The van der Waals surface area contributed by atoms with Gasteiger partial charge in [-0.05, 0) is 37.1 Å². The molecule has 3 saturated heterocycles. The van der Waals surface area contributed by atoms with Crippen LogP contribution >= 0.6 is 0 Å². The third kappa shape index (κ3) is 4.75. The number of alkyl carbamates (subject to hydrolysis) is 1. The van der Waals surface area contributed by atoms with Crippen molar-refractivity contribution in [1.29, 1.82) is 0 Å². The van der Waals surface area contributed by atoms with Gasteiger partial charge in [-0.15, -0.1) is 0 Å². The third-order valence-corrected chi connectivity index (χ3v) is 6.56. The lowest BCUT2D eigenvalue weighted by atomic mass is 9.89. The van der Waals surface area contributed by atoms with E-state index in [0.717, 1.165) is 11.4 Å². The minimum absolute atomic E-state index is 0.0361. The fourth-order valence-electron chi connectivity index (χ4n) is 4.53. The number of piperidine rings is 1. The number of nitrogens with zero attached hydrogens (tertiary/aromatic N) is 3. The molecule has 184 valence electrons. The first-order valence-corrected chi connectivity index (χ1v) is 11.5. The van der Waals surface area contributed by atoms with Crippen LogP contribution < -0.4 is 20.4 Å². The van der Waals surface area contributed by atoms with E-state index in [1.54, 1.807) is 11.1 Å². The first-order valence-electron chi connectivity index (χ1n) is 11.5. The monoisotopic (exact) mass is 485 g/mol. The van der Waals surface area contributed by atoms with Crippen LogP contribution in [0.1, 0.15) is 29.9 Å². The fourth-order valence-corrected chi connectivity index (χ4v) is 4.53. The molecule has 3 aliphatic rings. The topological polar surface area (TPSA) is 104 Å². The number of aromatic nitrogens is 1. The van der Waals surface area contributed by atoms with Crippen LogP contribution in [0.2, 0.25) is 0 Å². The molecule has 1 unspecified atom stereocenters. The average Bonchev–Trinajstić information content (AvgIpc) is 2.74. The van der Waals surface area contributed by atoms with E-state index in [2.05, 4.69) is 15.6 Å². The van der Waals surface area contributed by atoms with Gasteiger partial charge in [-0.3, -0.25) is 14.9 Å². The molecule has 5 rings (SSSR count). The Balaban J connectivity index is 1.09. The molecule has 3 aliphatic heterocycles. The summed E-state index contributed by atoms with van der Waals surface area (Å²) in [7, 11) is 0. The van der Waals surface area contributed by atoms with Crippen molar-refractivity contribution >= 4 is 29.4 Å². The zero-order valence-corrected chi connectivity index (χ0v) is 19.1. The molecule has 1 atom stereocenters. The van der Waals surface area contributed by atoms with Gasteiger partial charge in [-0.25, -0.2) is 18.6 Å². The maximum atomic E-state index is 14.7. The van der Waals surface area contributed by atoms with Crippen molar-refractivity contribution in [2.75, 3.05) is 36.0 Å². The number of aryl methyl sites for hydroxylation is 1. The first-order chi connectivity index (χ1) is 16.8. The van der Waals surface area contributed by atoms with Crippen LogP contribution in [-0.2, 0) is 14.3 Å². The molecule has 1 aromatic heterocycles. The van der Waals surface area contributed by atoms with Crippen molar-refractivity contribution in [3.05, 3.63) is 53.2 Å². The van der Waals surface area contributed by atoms with E-state index in [9.17, 15) is 23.2 Å². The van der Waals surface area contributed by atoms with Crippen LogP contribution in [0.5, 0.6) is 0 Å². The summed E-state index contributed by atoms with van der Waals surface area (Å²) in [5, 5.41) is 4.89. The molecule has 3 amide bonds. The van der Waals surface area contributed by atoms with E-state index >= 15 is 0 Å². The van der Waals surface area contributed by atoms with Gasteiger partial charge in [-0.2, -0.15) is 0 Å². The molecule has 0 aliphatic carbocycles. The minimum atomic E-state index is -1.04. The van der Waals surface area contributed by atoms with Gasteiger partial charge in [0.05, 0.1) is 25.0 Å². The number of halogens is 2. The molecule has 11 heteroatoms. The summed E-state index contributed by atoms with van der Waals surface area (Å²) in [5.41, 5.74) is 1.07. The number of pyridine rings is 1. The zero-order valence-electron chi connectivity index (χ0n) is 19.1. The molecule has 0 bridgehead atoms. The quantitative estimate of drug-likeness (QED) is 0.625. The van der Waals surface area contributed by atoms with Gasteiger partial charge in [0.15, 0.2) is 0 Å². The molecular weight excluding hydrogens is 460 g/mol. The summed E-state index contributed by atoms with van der Waals surface area (Å²) in [6.07, 6.45) is 1.14. The van der Waals surface area contributed by atoms with Crippen LogP contribution in [0.25, 0.3) is 0 Å². The summed E-state index contributed by atoms with van der Waals surface area (Å²) >= 11 is 0. The molecule has 3 fully saturated rings. The highest BCUT2D eigenvalue weighted by molar-refractivity contribution is 6.01. The van der Waals surface area contributed by atoms with Gasteiger partial charge in [0.25, 0.3) is 0 Å². The fraction of sp³-hybridized carbons (Fsp3) is 0.417. The zero-order chi connectivity index (χ0) is 24.7. The predicted molar refractivity (Wildman–Crippen MR) is 122 cm³/mol. The third-order valence-electron chi connectivity index (χ3n) is 6.56. The molecule has 35 heavy (non-hydrogen) atoms. The highest BCUT2D eigenvalue weighted by atomic mass is 19.1. The largest absolute Gasteiger partial charge is 0.442 e. The molecule has 2 N–H and O–H groups in total. The Morgan fingerprint density at radius 1 is 1.11 bits per heavy atom. The molecule has 4 heterocycles. The SMILES string of the molecule is Cc1ccc(N2CC(OC(=O)NC3CN(c4cc(F)c(C5CCC(=O)NC5=O)c(F)c4)C3)C2)nc1. The van der Waals surface area contributed by atoms with Gasteiger partial charge in [0, 0.05) is 37.0 Å². The van der Waals surface area contributed by atoms with Crippen molar-refractivity contribution < 1.29 is 27.9 Å². The number of hydrogen-bond donors (Lipinski definition) is 2. The van der Waals surface area contributed by atoms with E-state index in [-0.39, 0.29) is 30.6 Å². The summed E-state index contributed by atoms with van der Waals surface area (Å²) < 4.78 is 34.9. The van der Waals surface area contributed by atoms with Gasteiger partial charge >= 0.3 is 6.09 Å². The maximum Gasteiger partial charge on any atom is 0.407 e. The molecule has 9 nitrogen and oxygen atoms in total. The minimum Gasteiger partial charge on any atom is -0.442 e. The van der Waals surface area contributed by atoms with Crippen LogP contribution in [0.3, 0.4) is 0 Å². The van der Waals surface area contributed by atoms with E-state index < -0.39 is 35.5 Å². The summed E-state index contributed by atoms with van der Waals surface area (Å²) in [6.45, 7) is 3.84. The number of rotatable bonds is 5. The second-order valence-electron chi connectivity index (χ2n) is 9.20. The lowest BCUT2D eigenvalue weighted by molar-refractivity contribution is -0.134. The van der Waals surface area contributed by atoms with Gasteiger partial charge < -0.3 is 19.9 Å². The lowest BCUT2D eigenvalue weighted by Crippen LogP contribution is -2.61. The first kappa shape index (κ1) is 23.0. The Labute approximate surface area is 200 Å². The summed E-state index contributed by atoms with van der Waals surface area (Å²) in [4.78, 5) is 43.6. The van der Waals surface area contributed by atoms with Gasteiger partial charge in [-0.1, -0.05) is 6.07 Å².